The molecule has 146 valence electrons. The lowest BCUT2D eigenvalue weighted by atomic mass is 9.92. The quantitative estimate of drug-likeness (QED) is 0.112. The standard InChI is InChI=1S/C15H26N6O2S3/c1-15-10-24-11(13(15)19-14(23)20-15)4-2-3-5-12(22)17-6-8-25-26-9-7-18-21-16/h11,13H,2-10H2,1H3,(H,17,22)(H2,19,20,23)/t11-,13+,15-/m0/s1. The maximum atomic E-state index is 11.8. The van der Waals surface area contributed by atoms with Gasteiger partial charge in [-0.2, -0.15) is 11.8 Å². The molecular formula is C15H26N6O2S3. The van der Waals surface area contributed by atoms with Crippen molar-refractivity contribution in [2.24, 2.45) is 5.11 Å². The van der Waals surface area contributed by atoms with Gasteiger partial charge < -0.3 is 16.0 Å². The Bertz CT molecular complexity index is 545. The molecule has 0 unspecified atom stereocenters. The van der Waals surface area contributed by atoms with Crippen molar-refractivity contribution < 1.29 is 9.59 Å². The van der Waals surface area contributed by atoms with Crippen LogP contribution < -0.4 is 16.0 Å². The third-order valence-electron chi connectivity index (χ3n) is 4.41. The number of hydrogen-bond donors (Lipinski definition) is 3. The van der Waals surface area contributed by atoms with E-state index >= 15 is 0 Å². The van der Waals surface area contributed by atoms with Gasteiger partial charge in [-0.05, 0) is 25.3 Å². The first-order valence-electron chi connectivity index (χ1n) is 8.77. The lowest BCUT2D eigenvalue weighted by molar-refractivity contribution is -0.121. The Hall–Kier alpha value is -0.900. The molecule has 0 aromatic heterocycles. The molecule has 2 aliphatic rings. The number of hydrogen-bond acceptors (Lipinski definition) is 6. The average Bonchev–Trinajstić information content (AvgIpc) is 3.06. The highest BCUT2D eigenvalue weighted by Crippen LogP contribution is 2.39. The summed E-state index contributed by atoms with van der Waals surface area (Å²) in [5.74, 6) is 2.68. The number of azide groups is 1. The molecule has 2 heterocycles. The molecule has 26 heavy (non-hydrogen) atoms. The molecule has 0 spiro atoms. The van der Waals surface area contributed by atoms with Gasteiger partial charge >= 0.3 is 6.03 Å². The first-order valence-corrected chi connectivity index (χ1v) is 12.3. The van der Waals surface area contributed by atoms with E-state index in [0.717, 1.165) is 36.5 Å². The van der Waals surface area contributed by atoms with Crippen molar-refractivity contribution in [3.63, 3.8) is 0 Å². The van der Waals surface area contributed by atoms with Crippen molar-refractivity contribution in [3.8, 4) is 0 Å². The van der Waals surface area contributed by atoms with Crippen LogP contribution in [0.2, 0.25) is 0 Å². The molecule has 3 N–H and O–H groups in total. The maximum absolute atomic E-state index is 11.8. The topological polar surface area (TPSA) is 119 Å². The van der Waals surface area contributed by atoms with Crippen molar-refractivity contribution in [3.05, 3.63) is 10.4 Å². The highest BCUT2D eigenvalue weighted by molar-refractivity contribution is 8.76. The largest absolute Gasteiger partial charge is 0.355 e. The molecule has 11 heteroatoms. The summed E-state index contributed by atoms with van der Waals surface area (Å²) in [6.07, 6.45) is 3.45. The lowest BCUT2D eigenvalue weighted by Gasteiger charge is -2.23. The average molecular weight is 419 g/mol. The van der Waals surface area contributed by atoms with Crippen LogP contribution in [0.3, 0.4) is 0 Å². The van der Waals surface area contributed by atoms with Crippen LogP contribution in [0.1, 0.15) is 32.6 Å². The monoisotopic (exact) mass is 418 g/mol. The fraction of sp³-hybridized carbons (Fsp3) is 0.867. The van der Waals surface area contributed by atoms with E-state index in [0.29, 0.717) is 24.8 Å². The van der Waals surface area contributed by atoms with E-state index in [4.69, 9.17) is 5.53 Å². The molecular weight excluding hydrogens is 392 g/mol. The maximum Gasteiger partial charge on any atom is 0.315 e. The number of thioether (sulfide) groups is 1. The molecule has 3 amide bonds. The van der Waals surface area contributed by atoms with E-state index in [1.807, 2.05) is 11.8 Å². The Morgan fingerprint density at radius 2 is 2.27 bits per heavy atom. The summed E-state index contributed by atoms with van der Waals surface area (Å²) in [6.45, 7) is 3.26. The van der Waals surface area contributed by atoms with Crippen molar-refractivity contribution in [2.75, 3.05) is 30.3 Å². The van der Waals surface area contributed by atoms with Crippen LogP contribution in [0.4, 0.5) is 4.79 Å². The van der Waals surface area contributed by atoms with Crippen molar-refractivity contribution >= 4 is 45.3 Å². The van der Waals surface area contributed by atoms with E-state index < -0.39 is 0 Å². The van der Waals surface area contributed by atoms with Gasteiger partial charge in [0.15, 0.2) is 0 Å². The van der Waals surface area contributed by atoms with Crippen LogP contribution in [0, 0.1) is 0 Å². The summed E-state index contributed by atoms with van der Waals surface area (Å²) in [5, 5.41) is 12.9. The third-order valence-corrected chi connectivity index (χ3v) is 8.50. The molecule has 0 aromatic carbocycles. The summed E-state index contributed by atoms with van der Waals surface area (Å²) >= 11 is 1.91. The van der Waals surface area contributed by atoms with Crippen LogP contribution in [0.15, 0.2) is 5.11 Å². The fourth-order valence-electron chi connectivity index (χ4n) is 3.12. The number of urea groups is 1. The zero-order chi connectivity index (χ0) is 18.8. The van der Waals surface area contributed by atoms with Gasteiger partial charge in [0.05, 0.1) is 11.6 Å². The molecule has 2 rings (SSSR count). The minimum absolute atomic E-state index is 0.0593. The highest BCUT2D eigenvalue weighted by atomic mass is 33.1. The van der Waals surface area contributed by atoms with Gasteiger partial charge in [0, 0.05) is 46.9 Å². The first-order chi connectivity index (χ1) is 12.5. The fourth-order valence-corrected chi connectivity index (χ4v) is 6.59. The number of unbranched alkanes of at least 4 members (excludes halogenated alkanes) is 1. The predicted octanol–water partition coefficient (Wildman–Crippen LogP) is 2.91. The molecule has 0 aromatic rings. The Morgan fingerprint density at radius 3 is 3.08 bits per heavy atom. The Kier molecular flexibility index (Phi) is 9.10. The molecule has 8 nitrogen and oxygen atoms in total. The van der Waals surface area contributed by atoms with Gasteiger partial charge in [0.25, 0.3) is 0 Å². The second-order valence-electron chi connectivity index (χ2n) is 6.54. The summed E-state index contributed by atoms with van der Waals surface area (Å²) < 4.78 is 0. The first kappa shape index (κ1) is 21.4. The molecule has 2 aliphatic heterocycles. The summed E-state index contributed by atoms with van der Waals surface area (Å²) in [4.78, 5) is 26.1. The van der Waals surface area contributed by atoms with Gasteiger partial charge in [-0.25, -0.2) is 4.79 Å². The van der Waals surface area contributed by atoms with E-state index in [2.05, 4.69) is 32.9 Å². The van der Waals surface area contributed by atoms with Gasteiger partial charge in [-0.3, -0.25) is 4.79 Å². The third kappa shape index (κ3) is 6.68. The van der Waals surface area contributed by atoms with E-state index in [1.54, 1.807) is 21.6 Å². The summed E-state index contributed by atoms with van der Waals surface area (Å²) in [6, 6.07) is 0.137. The second-order valence-corrected chi connectivity index (χ2v) is 10.5. The Labute approximate surface area is 166 Å². The number of carbonyl (C=O) groups is 2. The summed E-state index contributed by atoms with van der Waals surface area (Å²) in [5.41, 5.74) is 8.03. The van der Waals surface area contributed by atoms with Crippen LogP contribution in [-0.2, 0) is 4.79 Å². The van der Waals surface area contributed by atoms with Gasteiger partial charge in [0.1, 0.15) is 0 Å². The predicted molar refractivity (Wildman–Crippen MR) is 111 cm³/mol. The van der Waals surface area contributed by atoms with Crippen LogP contribution in [-0.4, -0.2) is 59.1 Å². The molecule has 0 aliphatic carbocycles. The molecule has 0 saturated carbocycles. The number of nitrogens with one attached hydrogen (secondary N) is 3. The number of nitrogens with zero attached hydrogens (tertiary/aromatic N) is 3. The summed E-state index contributed by atoms with van der Waals surface area (Å²) in [7, 11) is 3.33. The number of amides is 3. The normalized spacial score (nSPS) is 26.6. The van der Waals surface area contributed by atoms with E-state index in [9.17, 15) is 9.59 Å². The number of rotatable bonds is 12. The van der Waals surface area contributed by atoms with Crippen LogP contribution in [0.5, 0.6) is 0 Å². The van der Waals surface area contributed by atoms with Gasteiger partial charge in [0.2, 0.25) is 5.91 Å². The van der Waals surface area contributed by atoms with Crippen LogP contribution >= 0.6 is 33.3 Å². The Balaban J connectivity index is 1.46. The second kappa shape index (κ2) is 11.1. The van der Waals surface area contributed by atoms with Crippen molar-refractivity contribution in [2.45, 2.75) is 49.4 Å². The SMILES string of the molecule is C[C@]12CS[C@@H](CCCCC(=O)NCCSSCCN=[N+]=[N-])[C@H]1NC(=O)N2. The minimum atomic E-state index is -0.125. The number of fused-ring (bicyclic) bond motifs is 1. The van der Waals surface area contributed by atoms with Crippen molar-refractivity contribution in [1.82, 2.24) is 16.0 Å². The Morgan fingerprint density at radius 1 is 1.46 bits per heavy atom. The van der Waals surface area contributed by atoms with Gasteiger partial charge in [-0.1, -0.05) is 33.1 Å². The van der Waals surface area contributed by atoms with E-state index in [-0.39, 0.29) is 23.5 Å². The number of carbonyl (C=O) groups excluding carboxylic acids is 2. The zero-order valence-electron chi connectivity index (χ0n) is 14.9. The van der Waals surface area contributed by atoms with E-state index in [1.165, 1.54) is 0 Å². The molecule has 2 fully saturated rings. The molecule has 3 atom stereocenters. The van der Waals surface area contributed by atoms with Gasteiger partial charge in [-0.15, -0.1) is 0 Å². The van der Waals surface area contributed by atoms with Crippen molar-refractivity contribution in [1.29, 1.82) is 0 Å². The minimum Gasteiger partial charge on any atom is -0.355 e. The lowest BCUT2D eigenvalue weighted by Crippen LogP contribution is -2.47. The zero-order valence-corrected chi connectivity index (χ0v) is 17.4. The smallest absolute Gasteiger partial charge is 0.315 e. The molecule has 0 bridgehead atoms. The highest BCUT2D eigenvalue weighted by Gasteiger charge is 2.51. The van der Waals surface area contributed by atoms with Crippen LogP contribution in [0.25, 0.3) is 10.4 Å². The molecule has 0 radical (unpaired) electrons. The molecule has 2 saturated heterocycles.